The standard InChI is InChI=1S/C14H8N2O8S2.C7H6O2/c17-13(18)9-5-7(1-3-11(9)15(21)22)25-26-8-2-4-12(16(23)24)10(6-8)14(19)20;8-7(9)6-4-2-1-3-5-6/h1-6H,(H,17,18)(H,19,20);1-5H,(H,8,9). The second-order valence-corrected chi connectivity index (χ2v) is 8.60. The van der Waals surface area contributed by atoms with Crippen LogP contribution in [-0.4, -0.2) is 43.1 Å². The number of hydrogen-bond donors (Lipinski definition) is 3. The highest BCUT2D eigenvalue weighted by atomic mass is 33.1. The fraction of sp³-hybridized carbons (Fsp3) is 0. The van der Waals surface area contributed by atoms with Gasteiger partial charge in [-0.2, -0.15) is 0 Å². The van der Waals surface area contributed by atoms with E-state index in [1.54, 1.807) is 30.3 Å². The second-order valence-electron chi connectivity index (χ2n) is 6.32. The second kappa shape index (κ2) is 12.2. The summed E-state index contributed by atoms with van der Waals surface area (Å²) in [5, 5.41) is 48.1. The number of carboxylic acid groups (broad SMARTS) is 3. The molecular formula is C21H14N2O10S2. The van der Waals surface area contributed by atoms with Gasteiger partial charge in [-0.3, -0.25) is 20.2 Å². The molecule has 0 aliphatic rings. The maximum atomic E-state index is 11.1. The molecule has 0 fully saturated rings. The summed E-state index contributed by atoms with van der Waals surface area (Å²) in [5.41, 5.74) is -1.71. The minimum atomic E-state index is -1.45. The van der Waals surface area contributed by atoms with Crippen LogP contribution in [0.1, 0.15) is 31.1 Å². The van der Waals surface area contributed by atoms with Crippen LogP contribution in [0.3, 0.4) is 0 Å². The molecule has 3 aromatic carbocycles. The molecule has 3 N–H and O–H groups in total. The number of benzene rings is 3. The van der Waals surface area contributed by atoms with Crippen molar-refractivity contribution in [3.8, 4) is 0 Å². The van der Waals surface area contributed by atoms with Crippen LogP contribution < -0.4 is 0 Å². The minimum absolute atomic E-state index is 0.331. The summed E-state index contributed by atoms with van der Waals surface area (Å²) < 4.78 is 0. The van der Waals surface area contributed by atoms with Crippen molar-refractivity contribution in [1.29, 1.82) is 0 Å². The van der Waals surface area contributed by atoms with E-state index in [1.165, 1.54) is 12.1 Å². The summed E-state index contributed by atoms with van der Waals surface area (Å²) in [6.45, 7) is 0. The molecule has 0 bridgehead atoms. The highest BCUT2D eigenvalue weighted by Gasteiger charge is 2.22. The van der Waals surface area contributed by atoms with Gasteiger partial charge >= 0.3 is 17.9 Å². The molecule has 0 amide bonds. The van der Waals surface area contributed by atoms with Crippen LogP contribution in [0.15, 0.2) is 76.5 Å². The van der Waals surface area contributed by atoms with E-state index in [0.29, 0.717) is 15.4 Å². The van der Waals surface area contributed by atoms with Crippen LogP contribution in [0.4, 0.5) is 11.4 Å². The summed E-state index contributed by atoms with van der Waals surface area (Å²) in [6, 6.07) is 15.4. The fourth-order valence-corrected chi connectivity index (χ4v) is 4.44. The number of carboxylic acids is 3. The average molecular weight is 518 g/mol. The highest BCUT2D eigenvalue weighted by molar-refractivity contribution is 8.76. The molecule has 14 heteroatoms. The molecule has 3 aromatic rings. The number of carbonyl (C=O) groups is 3. The first kappa shape index (κ1) is 26.8. The van der Waals surface area contributed by atoms with E-state index >= 15 is 0 Å². The quantitative estimate of drug-likeness (QED) is 0.203. The number of aromatic carboxylic acids is 3. The topological polar surface area (TPSA) is 198 Å². The van der Waals surface area contributed by atoms with Crippen molar-refractivity contribution in [2.45, 2.75) is 9.79 Å². The molecule has 0 aliphatic heterocycles. The van der Waals surface area contributed by atoms with Gasteiger partial charge in [0.1, 0.15) is 11.1 Å². The van der Waals surface area contributed by atoms with E-state index in [2.05, 4.69) is 0 Å². The van der Waals surface area contributed by atoms with Crippen molar-refractivity contribution in [2.24, 2.45) is 0 Å². The van der Waals surface area contributed by atoms with Crippen LogP contribution >= 0.6 is 21.6 Å². The zero-order valence-corrected chi connectivity index (χ0v) is 18.9. The fourth-order valence-electron chi connectivity index (χ4n) is 2.47. The van der Waals surface area contributed by atoms with E-state index in [1.807, 2.05) is 0 Å². The van der Waals surface area contributed by atoms with Gasteiger partial charge in [-0.25, -0.2) is 14.4 Å². The minimum Gasteiger partial charge on any atom is -0.478 e. The Morgan fingerprint density at radius 2 is 1.03 bits per heavy atom. The molecule has 0 aliphatic carbocycles. The predicted molar refractivity (Wildman–Crippen MR) is 125 cm³/mol. The average Bonchev–Trinajstić information content (AvgIpc) is 2.83. The molecule has 35 heavy (non-hydrogen) atoms. The summed E-state index contributed by atoms with van der Waals surface area (Å²) >= 11 is 0. The molecular weight excluding hydrogens is 504 g/mol. The lowest BCUT2D eigenvalue weighted by molar-refractivity contribution is -0.385. The molecule has 0 spiro atoms. The first-order valence-corrected chi connectivity index (χ1v) is 11.3. The van der Waals surface area contributed by atoms with Crippen LogP contribution in [0.5, 0.6) is 0 Å². The number of nitrogens with zero attached hydrogens (tertiary/aromatic N) is 2. The molecule has 3 rings (SSSR count). The lowest BCUT2D eigenvalue weighted by Gasteiger charge is -2.05. The van der Waals surface area contributed by atoms with Gasteiger partial charge in [-0.1, -0.05) is 39.8 Å². The molecule has 0 atom stereocenters. The zero-order valence-electron chi connectivity index (χ0n) is 17.3. The van der Waals surface area contributed by atoms with Gasteiger partial charge < -0.3 is 15.3 Å². The number of hydrogen-bond acceptors (Lipinski definition) is 9. The Morgan fingerprint density at radius 3 is 1.31 bits per heavy atom. The highest BCUT2D eigenvalue weighted by Crippen LogP contribution is 2.40. The molecule has 12 nitrogen and oxygen atoms in total. The van der Waals surface area contributed by atoms with E-state index in [9.17, 15) is 34.6 Å². The first-order valence-electron chi connectivity index (χ1n) is 9.17. The third kappa shape index (κ3) is 7.55. The van der Waals surface area contributed by atoms with Crippen molar-refractivity contribution in [2.75, 3.05) is 0 Å². The van der Waals surface area contributed by atoms with Gasteiger partial charge in [-0.15, -0.1) is 0 Å². The molecule has 0 saturated carbocycles. The maximum absolute atomic E-state index is 11.1. The van der Waals surface area contributed by atoms with Crippen LogP contribution in [0.25, 0.3) is 0 Å². The Kier molecular flexibility index (Phi) is 9.31. The molecule has 180 valence electrons. The van der Waals surface area contributed by atoms with Crippen LogP contribution in [-0.2, 0) is 0 Å². The van der Waals surface area contributed by atoms with Gasteiger partial charge in [0, 0.05) is 21.9 Å². The first-order chi connectivity index (χ1) is 16.5. The third-order valence-electron chi connectivity index (χ3n) is 4.05. The smallest absolute Gasteiger partial charge is 0.342 e. The Bertz CT molecular complexity index is 1220. The van der Waals surface area contributed by atoms with E-state index in [0.717, 1.165) is 45.9 Å². The van der Waals surface area contributed by atoms with Gasteiger partial charge in [0.05, 0.1) is 15.4 Å². The van der Waals surface area contributed by atoms with E-state index in [4.69, 9.17) is 15.3 Å². The monoisotopic (exact) mass is 518 g/mol. The Hall–Kier alpha value is -4.43. The molecule has 0 unspecified atom stereocenters. The lowest BCUT2D eigenvalue weighted by atomic mass is 10.2. The maximum Gasteiger partial charge on any atom is 0.342 e. The van der Waals surface area contributed by atoms with Gasteiger partial charge in [0.25, 0.3) is 11.4 Å². The zero-order chi connectivity index (χ0) is 26.1. The molecule has 0 aromatic heterocycles. The number of rotatable bonds is 8. The number of nitro benzene ring substituents is 2. The Balaban J connectivity index is 0.000000402. The predicted octanol–water partition coefficient (Wildman–Crippen LogP) is 5.08. The molecule has 0 radical (unpaired) electrons. The normalized spacial score (nSPS) is 9.94. The van der Waals surface area contributed by atoms with Gasteiger partial charge in [-0.05, 0) is 36.4 Å². The van der Waals surface area contributed by atoms with Crippen molar-refractivity contribution in [3.63, 3.8) is 0 Å². The van der Waals surface area contributed by atoms with Crippen molar-refractivity contribution < 1.29 is 39.5 Å². The molecule has 0 saturated heterocycles. The van der Waals surface area contributed by atoms with Crippen molar-refractivity contribution in [3.05, 3.63) is 104 Å². The Morgan fingerprint density at radius 1 is 0.629 bits per heavy atom. The van der Waals surface area contributed by atoms with Gasteiger partial charge in [0.15, 0.2) is 0 Å². The molecule has 0 heterocycles. The largest absolute Gasteiger partial charge is 0.478 e. The van der Waals surface area contributed by atoms with Gasteiger partial charge in [0.2, 0.25) is 0 Å². The van der Waals surface area contributed by atoms with Crippen molar-refractivity contribution in [1.82, 2.24) is 0 Å². The summed E-state index contributed by atoms with van der Waals surface area (Å²) in [6.07, 6.45) is 0. The summed E-state index contributed by atoms with van der Waals surface area (Å²) in [7, 11) is 2.06. The SMILES string of the molecule is O=C(O)c1cc(SSc2ccc([N+](=O)[O-])c(C(=O)O)c2)ccc1[N+](=O)[O-].O=C(O)c1ccccc1. The van der Waals surface area contributed by atoms with E-state index in [-0.39, 0.29) is 0 Å². The van der Waals surface area contributed by atoms with Crippen molar-refractivity contribution >= 4 is 50.9 Å². The summed E-state index contributed by atoms with van der Waals surface area (Å²) in [5.74, 6) is -3.78. The van der Waals surface area contributed by atoms with E-state index < -0.39 is 50.3 Å². The van der Waals surface area contributed by atoms with Crippen LogP contribution in [0.2, 0.25) is 0 Å². The third-order valence-corrected chi connectivity index (χ3v) is 6.43. The van der Waals surface area contributed by atoms with Crippen LogP contribution in [0, 0.1) is 20.2 Å². The lowest BCUT2D eigenvalue weighted by Crippen LogP contribution is -2.02. The summed E-state index contributed by atoms with van der Waals surface area (Å²) in [4.78, 5) is 53.3. The Labute approximate surface area is 203 Å². The number of nitro groups is 2.